The van der Waals surface area contributed by atoms with Crippen LogP contribution in [0.5, 0.6) is 5.75 Å². The number of hydrogen-bond acceptors (Lipinski definition) is 3. The maximum Gasteiger partial charge on any atom is 0.320 e. The van der Waals surface area contributed by atoms with Gasteiger partial charge in [-0.3, -0.25) is 9.69 Å². The summed E-state index contributed by atoms with van der Waals surface area (Å²) in [6.07, 6.45) is 0.559. The SMILES string of the molecule is CC[C@H](C(=O)O)N(C)Cc1ccc(C)c(O)c1. The molecular formula is C13H19NO3. The third-order valence-corrected chi connectivity index (χ3v) is 2.91. The second-order valence-corrected chi connectivity index (χ2v) is 4.30. The first-order chi connectivity index (χ1) is 7.95. The molecule has 17 heavy (non-hydrogen) atoms. The number of aromatic hydroxyl groups is 1. The van der Waals surface area contributed by atoms with Crippen molar-refractivity contribution in [1.29, 1.82) is 0 Å². The minimum absolute atomic E-state index is 0.249. The second-order valence-electron chi connectivity index (χ2n) is 4.30. The molecule has 1 rings (SSSR count). The first kappa shape index (κ1) is 13.5. The molecule has 0 aliphatic heterocycles. The van der Waals surface area contributed by atoms with E-state index in [1.54, 1.807) is 18.0 Å². The molecule has 1 atom stereocenters. The molecule has 0 aromatic heterocycles. The van der Waals surface area contributed by atoms with E-state index in [0.717, 1.165) is 11.1 Å². The average Bonchev–Trinajstić information content (AvgIpc) is 2.24. The van der Waals surface area contributed by atoms with E-state index in [9.17, 15) is 9.90 Å². The van der Waals surface area contributed by atoms with Crippen molar-refractivity contribution in [2.24, 2.45) is 0 Å². The number of carboxylic acid groups (broad SMARTS) is 1. The van der Waals surface area contributed by atoms with Crippen molar-refractivity contribution in [3.05, 3.63) is 29.3 Å². The van der Waals surface area contributed by atoms with Crippen LogP contribution in [0.3, 0.4) is 0 Å². The minimum atomic E-state index is -0.814. The third kappa shape index (κ3) is 3.46. The quantitative estimate of drug-likeness (QED) is 0.822. The summed E-state index contributed by atoms with van der Waals surface area (Å²) in [5.74, 6) is -0.564. The molecule has 4 nitrogen and oxygen atoms in total. The van der Waals surface area contributed by atoms with E-state index in [4.69, 9.17) is 5.11 Å². The van der Waals surface area contributed by atoms with Crippen LogP contribution in [-0.2, 0) is 11.3 Å². The Bertz CT molecular complexity index is 404. The van der Waals surface area contributed by atoms with E-state index in [1.165, 1.54) is 0 Å². The zero-order valence-electron chi connectivity index (χ0n) is 10.5. The number of phenolic OH excluding ortho intramolecular Hbond substituents is 1. The maximum absolute atomic E-state index is 11.0. The summed E-state index contributed by atoms with van der Waals surface area (Å²) < 4.78 is 0. The van der Waals surface area contributed by atoms with Crippen LogP contribution in [0.15, 0.2) is 18.2 Å². The molecule has 0 fully saturated rings. The van der Waals surface area contributed by atoms with Gasteiger partial charge in [0.15, 0.2) is 0 Å². The summed E-state index contributed by atoms with van der Waals surface area (Å²) in [5, 5.41) is 18.6. The zero-order chi connectivity index (χ0) is 13.0. The Morgan fingerprint density at radius 2 is 2.12 bits per heavy atom. The molecule has 0 saturated carbocycles. The van der Waals surface area contributed by atoms with Gasteiger partial charge in [-0.25, -0.2) is 0 Å². The van der Waals surface area contributed by atoms with Crippen LogP contribution in [0.4, 0.5) is 0 Å². The molecule has 0 radical (unpaired) electrons. The van der Waals surface area contributed by atoms with Crippen molar-refractivity contribution < 1.29 is 15.0 Å². The molecule has 4 heteroatoms. The van der Waals surface area contributed by atoms with Gasteiger partial charge in [-0.05, 0) is 37.6 Å². The summed E-state index contributed by atoms with van der Waals surface area (Å²) in [6.45, 7) is 4.19. The van der Waals surface area contributed by atoms with E-state index in [0.29, 0.717) is 13.0 Å². The molecule has 94 valence electrons. The van der Waals surface area contributed by atoms with Crippen molar-refractivity contribution >= 4 is 5.97 Å². The molecule has 0 spiro atoms. The van der Waals surface area contributed by atoms with Crippen LogP contribution >= 0.6 is 0 Å². The third-order valence-electron chi connectivity index (χ3n) is 2.91. The number of likely N-dealkylation sites (N-methyl/N-ethyl adjacent to an activating group) is 1. The van der Waals surface area contributed by atoms with Crippen molar-refractivity contribution in [2.45, 2.75) is 32.9 Å². The van der Waals surface area contributed by atoms with E-state index >= 15 is 0 Å². The molecule has 0 unspecified atom stereocenters. The molecule has 0 aliphatic carbocycles. The monoisotopic (exact) mass is 237 g/mol. The van der Waals surface area contributed by atoms with Gasteiger partial charge < -0.3 is 10.2 Å². The van der Waals surface area contributed by atoms with Crippen LogP contribution in [-0.4, -0.2) is 34.2 Å². The van der Waals surface area contributed by atoms with E-state index in [1.807, 2.05) is 26.0 Å². The van der Waals surface area contributed by atoms with Crippen molar-refractivity contribution in [3.8, 4) is 5.75 Å². The maximum atomic E-state index is 11.0. The normalized spacial score (nSPS) is 12.7. The average molecular weight is 237 g/mol. The fraction of sp³-hybridized carbons (Fsp3) is 0.462. The van der Waals surface area contributed by atoms with E-state index in [2.05, 4.69) is 0 Å². The number of phenols is 1. The highest BCUT2D eigenvalue weighted by molar-refractivity contribution is 5.73. The minimum Gasteiger partial charge on any atom is -0.508 e. The molecule has 0 heterocycles. The summed E-state index contributed by atoms with van der Waals surface area (Å²) in [5.41, 5.74) is 1.73. The molecular weight excluding hydrogens is 218 g/mol. The second kappa shape index (κ2) is 5.68. The number of aliphatic carboxylic acids is 1. The molecule has 1 aromatic rings. The Hall–Kier alpha value is -1.55. The lowest BCUT2D eigenvalue weighted by Crippen LogP contribution is -2.37. The van der Waals surface area contributed by atoms with Gasteiger partial charge in [0.25, 0.3) is 0 Å². The summed E-state index contributed by atoms with van der Waals surface area (Å²) in [4.78, 5) is 12.8. The van der Waals surface area contributed by atoms with Gasteiger partial charge in [0.2, 0.25) is 0 Å². The Labute approximate surface area is 101 Å². The topological polar surface area (TPSA) is 60.8 Å². The Morgan fingerprint density at radius 3 is 2.59 bits per heavy atom. The van der Waals surface area contributed by atoms with Crippen LogP contribution in [0.25, 0.3) is 0 Å². The van der Waals surface area contributed by atoms with Crippen LogP contribution < -0.4 is 0 Å². The number of carboxylic acids is 1. The smallest absolute Gasteiger partial charge is 0.320 e. The van der Waals surface area contributed by atoms with Gasteiger partial charge in [-0.2, -0.15) is 0 Å². The Morgan fingerprint density at radius 1 is 1.47 bits per heavy atom. The first-order valence-corrected chi connectivity index (χ1v) is 5.67. The summed E-state index contributed by atoms with van der Waals surface area (Å²) >= 11 is 0. The van der Waals surface area contributed by atoms with Crippen molar-refractivity contribution in [2.75, 3.05) is 7.05 Å². The molecule has 0 aliphatic rings. The number of aryl methyl sites for hydroxylation is 1. The lowest BCUT2D eigenvalue weighted by molar-refractivity contribution is -0.143. The molecule has 0 saturated heterocycles. The van der Waals surface area contributed by atoms with Crippen molar-refractivity contribution in [3.63, 3.8) is 0 Å². The zero-order valence-corrected chi connectivity index (χ0v) is 10.5. The van der Waals surface area contributed by atoms with Gasteiger partial charge in [-0.15, -0.1) is 0 Å². The molecule has 1 aromatic carbocycles. The van der Waals surface area contributed by atoms with Gasteiger partial charge in [0, 0.05) is 6.54 Å². The molecule has 2 N–H and O–H groups in total. The summed E-state index contributed by atoms with van der Waals surface area (Å²) in [7, 11) is 1.78. The first-order valence-electron chi connectivity index (χ1n) is 5.67. The Balaban J connectivity index is 2.76. The van der Waals surface area contributed by atoms with Gasteiger partial charge >= 0.3 is 5.97 Å². The highest BCUT2D eigenvalue weighted by atomic mass is 16.4. The fourth-order valence-corrected chi connectivity index (χ4v) is 1.83. The van der Waals surface area contributed by atoms with Crippen LogP contribution in [0.2, 0.25) is 0 Å². The van der Waals surface area contributed by atoms with Gasteiger partial charge in [-0.1, -0.05) is 19.1 Å². The number of nitrogens with zero attached hydrogens (tertiary/aromatic N) is 1. The van der Waals surface area contributed by atoms with E-state index < -0.39 is 12.0 Å². The predicted molar refractivity (Wildman–Crippen MR) is 66.0 cm³/mol. The standard InChI is InChI=1S/C13H19NO3/c1-4-11(13(16)17)14(3)8-10-6-5-9(2)12(15)7-10/h5-7,11,15H,4,8H2,1-3H3,(H,16,17)/t11-/m1/s1. The largest absolute Gasteiger partial charge is 0.508 e. The number of carbonyl (C=O) groups is 1. The summed E-state index contributed by atoms with van der Waals surface area (Å²) in [6, 6.07) is 4.93. The predicted octanol–water partition coefficient (Wildman–Crippen LogP) is 2.00. The Kier molecular flexibility index (Phi) is 4.52. The number of hydrogen-bond donors (Lipinski definition) is 2. The highest BCUT2D eigenvalue weighted by Gasteiger charge is 2.20. The van der Waals surface area contributed by atoms with Crippen LogP contribution in [0, 0.1) is 6.92 Å². The number of rotatable bonds is 5. The molecule has 0 bridgehead atoms. The fourth-order valence-electron chi connectivity index (χ4n) is 1.83. The highest BCUT2D eigenvalue weighted by Crippen LogP contribution is 2.19. The lowest BCUT2D eigenvalue weighted by atomic mass is 10.1. The van der Waals surface area contributed by atoms with Crippen molar-refractivity contribution in [1.82, 2.24) is 4.90 Å². The lowest BCUT2D eigenvalue weighted by Gasteiger charge is -2.23. The molecule has 0 amide bonds. The van der Waals surface area contributed by atoms with E-state index in [-0.39, 0.29) is 5.75 Å². The van der Waals surface area contributed by atoms with Gasteiger partial charge in [0.05, 0.1) is 0 Å². The number of benzene rings is 1. The van der Waals surface area contributed by atoms with Crippen LogP contribution in [0.1, 0.15) is 24.5 Å². The van der Waals surface area contributed by atoms with Gasteiger partial charge in [0.1, 0.15) is 11.8 Å².